The second kappa shape index (κ2) is 7.58. The SMILES string of the molecule is CN(Cc1ccc(OC(F)F)cc1)C1CCCCCC1. The molecule has 1 saturated carbocycles. The topological polar surface area (TPSA) is 12.5 Å². The molecule has 0 aromatic heterocycles. The van der Waals surface area contributed by atoms with Gasteiger partial charge in [0.15, 0.2) is 0 Å². The molecular weight excluding hydrogens is 260 g/mol. The number of nitrogens with zero attached hydrogens (tertiary/aromatic N) is 1. The molecule has 1 aromatic carbocycles. The van der Waals surface area contributed by atoms with Crippen LogP contribution in [0.4, 0.5) is 8.78 Å². The molecule has 0 amide bonds. The number of alkyl halides is 2. The van der Waals surface area contributed by atoms with Gasteiger partial charge in [0.2, 0.25) is 0 Å². The lowest BCUT2D eigenvalue weighted by atomic mass is 10.1. The van der Waals surface area contributed by atoms with Crippen LogP contribution >= 0.6 is 0 Å². The van der Waals surface area contributed by atoms with E-state index >= 15 is 0 Å². The van der Waals surface area contributed by atoms with Gasteiger partial charge in [0, 0.05) is 12.6 Å². The maximum absolute atomic E-state index is 12.1. The Hall–Kier alpha value is -1.16. The summed E-state index contributed by atoms with van der Waals surface area (Å²) in [6, 6.07) is 7.61. The molecule has 2 rings (SSSR count). The molecule has 1 aliphatic carbocycles. The highest BCUT2D eigenvalue weighted by atomic mass is 19.3. The summed E-state index contributed by atoms with van der Waals surface area (Å²) in [7, 11) is 2.15. The maximum atomic E-state index is 12.1. The lowest BCUT2D eigenvalue weighted by molar-refractivity contribution is -0.0498. The summed E-state index contributed by atoms with van der Waals surface area (Å²) < 4.78 is 28.5. The minimum atomic E-state index is -2.76. The Bertz CT molecular complexity index is 386. The third-order valence-electron chi connectivity index (χ3n) is 4.03. The molecule has 1 aliphatic rings. The van der Waals surface area contributed by atoms with E-state index in [1.54, 1.807) is 12.1 Å². The zero-order valence-corrected chi connectivity index (χ0v) is 12.0. The maximum Gasteiger partial charge on any atom is 0.387 e. The fourth-order valence-corrected chi connectivity index (χ4v) is 2.89. The lowest BCUT2D eigenvalue weighted by Gasteiger charge is -2.27. The summed E-state index contributed by atoms with van der Waals surface area (Å²) in [6.45, 7) is -1.89. The van der Waals surface area contributed by atoms with Crippen molar-refractivity contribution in [3.05, 3.63) is 29.8 Å². The van der Waals surface area contributed by atoms with Crippen LogP contribution in [0.2, 0.25) is 0 Å². The number of rotatable bonds is 5. The van der Waals surface area contributed by atoms with Gasteiger partial charge >= 0.3 is 6.61 Å². The standard InChI is InChI=1S/C16H23F2NO/c1-19(14-6-4-2-3-5-7-14)12-13-8-10-15(11-9-13)20-16(17)18/h8-11,14,16H,2-7,12H2,1H3. The Labute approximate surface area is 119 Å². The van der Waals surface area contributed by atoms with E-state index in [2.05, 4.69) is 16.7 Å². The average Bonchev–Trinajstić information content (AvgIpc) is 2.69. The highest BCUT2D eigenvalue weighted by Crippen LogP contribution is 2.23. The molecule has 0 N–H and O–H groups in total. The summed E-state index contributed by atoms with van der Waals surface area (Å²) in [5.41, 5.74) is 1.14. The van der Waals surface area contributed by atoms with Crippen molar-refractivity contribution in [3.63, 3.8) is 0 Å². The second-order valence-corrected chi connectivity index (χ2v) is 5.58. The summed E-state index contributed by atoms with van der Waals surface area (Å²) in [6.07, 6.45) is 7.87. The number of benzene rings is 1. The third-order valence-corrected chi connectivity index (χ3v) is 4.03. The predicted molar refractivity (Wildman–Crippen MR) is 76.0 cm³/mol. The van der Waals surface area contributed by atoms with E-state index in [0.717, 1.165) is 12.1 Å². The first kappa shape index (κ1) is 15.2. The predicted octanol–water partition coefficient (Wildman–Crippen LogP) is 4.44. The van der Waals surface area contributed by atoms with Crippen LogP contribution in [0.5, 0.6) is 5.75 Å². The van der Waals surface area contributed by atoms with Crippen LogP contribution in [0.1, 0.15) is 44.1 Å². The monoisotopic (exact) mass is 283 g/mol. The molecule has 0 aliphatic heterocycles. The van der Waals surface area contributed by atoms with Crippen LogP contribution < -0.4 is 4.74 Å². The molecule has 0 bridgehead atoms. The fraction of sp³-hybridized carbons (Fsp3) is 0.625. The van der Waals surface area contributed by atoms with Crippen LogP contribution in [0.25, 0.3) is 0 Å². The summed E-state index contributed by atoms with van der Waals surface area (Å²) in [5, 5.41) is 0. The van der Waals surface area contributed by atoms with Gasteiger partial charge in [-0.3, -0.25) is 4.90 Å². The number of halogens is 2. The van der Waals surface area contributed by atoms with E-state index in [4.69, 9.17) is 0 Å². The smallest absolute Gasteiger partial charge is 0.387 e. The van der Waals surface area contributed by atoms with Crippen LogP contribution in [-0.4, -0.2) is 24.6 Å². The van der Waals surface area contributed by atoms with Crippen molar-refractivity contribution >= 4 is 0 Å². The van der Waals surface area contributed by atoms with Crippen molar-refractivity contribution < 1.29 is 13.5 Å². The van der Waals surface area contributed by atoms with Crippen molar-refractivity contribution in [1.29, 1.82) is 0 Å². The summed E-state index contributed by atoms with van der Waals surface area (Å²) >= 11 is 0. The summed E-state index contributed by atoms with van der Waals surface area (Å²) in [4.78, 5) is 2.38. The van der Waals surface area contributed by atoms with E-state index in [9.17, 15) is 8.78 Å². The van der Waals surface area contributed by atoms with Gasteiger partial charge in [-0.25, -0.2) is 0 Å². The molecule has 0 heterocycles. The van der Waals surface area contributed by atoms with Gasteiger partial charge < -0.3 is 4.74 Å². The van der Waals surface area contributed by atoms with Crippen LogP contribution in [-0.2, 0) is 6.54 Å². The molecule has 4 heteroatoms. The van der Waals surface area contributed by atoms with Gasteiger partial charge in [-0.2, -0.15) is 8.78 Å². The van der Waals surface area contributed by atoms with E-state index < -0.39 is 6.61 Å². The van der Waals surface area contributed by atoms with Gasteiger partial charge in [0.25, 0.3) is 0 Å². The number of hydrogen-bond donors (Lipinski definition) is 0. The van der Waals surface area contributed by atoms with Crippen molar-refractivity contribution in [2.24, 2.45) is 0 Å². The molecule has 20 heavy (non-hydrogen) atoms. The highest BCUT2D eigenvalue weighted by Gasteiger charge is 2.16. The molecule has 0 unspecified atom stereocenters. The Morgan fingerprint density at radius 1 is 1.10 bits per heavy atom. The van der Waals surface area contributed by atoms with E-state index in [1.807, 2.05) is 12.1 Å². The Morgan fingerprint density at radius 3 is 2.25 bits per heavy atom. The van der Waals surface area contributed by atoms with Crippen LogP contribution in [0, 0.1) is 0 Å². The first-order chi connectivity index (χ1) is 9.65. The molecule has 0 spiro atoms. The molecule has 0 radical (unpaired) electrons. The molecule has 0 saturated heterocycles. The van der Waals surface area contributed by atoms with Gasteiger partial charge in [-0.15, -0.1) is 0 Å². The molecule has 0 atom stereocenters. The molecule has 1 fully saturated rings. The fourth-order valence-electron chi connectivity index (χ4n) is 2.89. The van der Waals surface area contributed by atoms with Crippen LogP contribution in [0.15, 0.2) is 24.3 Å². The normalized spacial score (nSPS) is 17.4. The van der Waals surface area contributed by atoms with Gasteiger partial charge in [-0.05, 0) is 37.6 Å². The van der Waals surface area contributed by atoms with Crippen molar-refractivity contribution in [1.82, 2.24) is 4.90 Å². The Kier molecular flexibility index (Phi) is 5.77. The third kappa shape index (κ3) is 4.75. The molecule has 2 nitrogen and oxygen atoms in total. The van der Waals surface area contributed by atoms with E-state index in [0.29, 0.717) is 6.04 Å². The molecular formula is C16H23F2NO. The summed E-state index contributed by atoms with van der Waals surface area (Å²) in [5.74, 6) is 0.223. The zero-order chi connectivity index (χ0) is 14.4. The van der Waals surface area contributed by atoms with Crippen molar-refractivity contribution in [2.45, 2.75) is 57.7 Å². The Balaban J connectivity index is 1.88. The van der Waals surface area contributed by atoms with Gasteiger partial charge in [0.1, 0.15) is 5.75 Å². The second-order valence-electron chi connectivity index (χ2n) is 5.58. The largest absolute Gasteiger partial charge is 0.435 e. The zero-order valence-electron chi connectivity index (χ0n) is 12.0. The molecule has 1 aromatic rings. The first-order valence-corrected chi connectivity index (χ1v) is 7.39. The quantitative estimate of drug-likeness (QED) is 0.741. The molecule has 112 valence electrons. The first-order valence-electron chi connectivity index (χ1n) is 7.39. The van der Waals surface area contributed by atoms with Crippen LogP contribution in [0.3, 0.4) is 0 Å². The van der Waals surface area contributed by atoms with Gasteiger partial charge in [0.05, 0.1) is 0 Å². The van der Waals surface area contributed by atoms with Crippen molar-refractivity contribution in [2.75, 3.05) is 7.05 Å². The van der Waals surface area contributed by atoms with Gasteiger partial charge in [-0.1, -0.05) is 37.8 Å². The van der Waals surface area contributed by atoms with E-state index in [1.165, 1.54) is 38.5 Å². The lowest BCUT2D eigenvalue weighted by Crippen LogP contribution is -2.30. The highest BCUT2D eigenvalue weighted by molar-refractivity contribution is 5.27. The van der Waals surface area contributed by atoms with E-state index in [-0.39, 0.29) is 5.75 Å². The Morgan fingerprint density at radius 2 is 1.70 bits per heavy atom. The minimum Gasteiger partial charge on any atom is -0.435 e. The number of hydrogen-bond acceptors (Lipinski definition) is 2. The number of ether oxygens (including phenoxy) is 1. The van der Waals surface area contributed by atoms with Crippen molar-refractivity contribution in [3.8, 4) is 5.75 Å². The average molecular weight is 283 g/mol. The minimum absolute atomic E-state index is 0.223.